The van der Waals surface area contributed by atoms with Crippen LogP contribution in [0.15, 0.2) is 41.3 Å². The SMILES string of the molecule is COc1cc(-c2cn(C)c(=O)c3c2CCN(O)C3)cc(OC)c1CN1CC(C(C)N2CCC3(CC2)CN(c2ccc4c(c2)CN(C2CCC(=O)NC2=O)C4)C3)C1. The second kappa shape index (κ2) is 14.6. The van der Waals surface area contributed by atoms with Crippen molar-refractivity contribution in [3.8, 4) is 22.6 Å². The number of amides is 2. The number of imide groups is 1. The molecule has 0 aliphatic carbocycles. The van der Waals surface area contributed by atoms with Crippen LogP contribution in [0.25, 0.3) is 11.1 Å². The molecule has 298 valence electrons. The maximum atomic E-state index is 12.9. The molecule has 3 aromatic rings. The summed E-state index contributed by atoms with van der Waals surface area (Å²) < 4.78 is 13.5. The van der Waals surface area contributed by atoms with Crippen LogP contribution in [0.3, 0.4) is 0 Å². The molecule has 6 aliphatic rings. The van der Waals surface area contributed by atoms with Crippen molar-refractivity contribution in [3.63, 3.8) is 0 Å². The topological polar surface area (TPSA) is 123 Å². The van der Waals surface area contributed by atoms with Gasteiger partial charge in [-0.25, -0.2) is 0 Å². The number of pyridine rings is 1. The summed E-state index contributed by atoms with van der Waals surface area (Å²) >= 11 is 0. The van der Waals surface area contributed by atoms with Gasteiger partial charge in [0, 0.05) is 100 Å². The summed E-state index contributed by atoms with van der Waals surface area (Å²) in [6.07, 6.45) is 5.97. The Labute approximate surface area is 328 Å². The van der Waals surface area contributed by atoms with E-state index in [1.807, 2.05) is 6.20 Å². The van der Waals surface area contributed by atoms with Crippen molar-refractivity contribution in [2.45, 2.75) is 77.3 Å². The van der Waals surface area contributed by atoms with Crippen molar-refractivity contribution in [1.82, 2.24) is 29.6 Å². The monoisotopic (exact) mass is 765 g/mol. The molecule has 0 bridgehead atoms. The molecule has 2 atom stereocenters. The number of likely N-dealkylation sites (tertiary alicyclic amines) is 2. The van der Waals surface area contributed by atoms with Gasteiger partial charge in [0.2, 0.25) is 11.8 Å². The summed E-state index contributed by atoms with van der Waals surface area (Å²) in [6, 6.07) is 11.3. The van der Waals surface area contributed by atoms with E-state index in [1.165, 1.54) is 34.7 Å². The normalized spacial score (nSPS) is 23.7. The Morgan fingerprint density at radius 3 is 2.32 bits per heavy atom. The number of hydrogen-bond acceptors (Lipinski definition) is 11. The lowest BCUT2D eigenvalue weighted by Crippen LogP contribution is -2.63. The predicted octanol–water partition coefficient (Wildman–Crippen LogP) is 3.36. The highest BCUT2D eigenvalue weighted by atomic mass is 16.5. The molecule has 1 aromatic heterocycles. The van der Waals surface area contributed by atoms with E-state index in [4.69, 9.17) is 9.47 Å². The van der Waals surface area contributed by atoms with Crippen molar-refractivity contribution < 1.29 is 24.3 Å². The number of carbonyl (C=O) groups excluding carboxylic acids is 2. The van der Waals surface area contributed by atoms with Gasteiger partial charge in [-0.3, -0.25) is 29.5 Å². The minimum Gasteiger partial charge on any atom is -0.496 e. The van der Waals surface area contributed by atoms with E-state index >= 15 is 0 Å². The molecule has 2 aromatic carbocycles. The zero-order valence-electron chi connectivity index (χ0n) is 33.2. The molecule has 1 spiro atoms. The Morgan fingerprint density at radius 1 is 0.911 bits per heavy atom. The number of aryl methyl sites for hydroxylation is 1. The lowest BCUT2D eigenvalue weighted by Gasteiger charge is -2.56. The van der Waals surface area contributed by atoms with Crippen molar-refractivity contribution in [1.29, 1.82) is 0 Å². The quantitative estimate of drug-likeness (QED) is 0.312. The molecule has 0 saturated carbocycles. The van der Waals surface area contributed by atoms with E-state index < -0.39 is 0 Å². The number of benzene rings is 2. The van der Waals surface area contributed by atoms with E-state index in [-0.39, 0.29) is 30.0 Å². The van der Waals surface area contributed by atoms with E-state index in [2.05, 4.69) is 62.2 Å². The highest BCUT2D eigenvalue weighted by Crippen LogP contribution is 2.45. The fourth-order valence-electron chi connectivity index (χ4n) is 10.4. The summed E-state index contributed by atoms with van der Waals surface area (Å²) in [5, 5.41) is 13.9. The van der Waals surface area contributed by atoms with Gasteiger partial charge in [-0.2, -0.15) is 5.06 Å². The number of nitrogens with one attached hydrogen (secondary N) is 1. The van der Waals surface area contributed by atoms with Gasteiger partial charge in [0.05, 0.1) is 32.4 Å². The third kappa shape index (κ3) is 6.70. The number of nitrogens with zero attached hydrogens (tertiary/aromatic N) is 6. The summed E-state index contributed by atoms with van der Waals surface area (Å²) in [5.41, 5.74) is 8.77. The third-order valence-electron chi connectivity index (χ3n) is 14.0. The lowest BCUT2D eigenvalue weighted by atomic mass is 9.71. The maximum absolute atomic E-state index is 12.9. The molecule has 56 heavy (non-hydrogen) atoms. The van der Waals surface area contributed by atoms with Crippen molar-refractivity contribution in [3.05, 3.63) is 74.7 Å². The Bertz CT molecular complexity index is 2070. The van der Waals surface area contributed by atoms with Crippen molar-refractivity contribution >= 4 is 17.5 Å². The summed E-state index contributed by atoms with van der Waals surface area (Å²) in [5.74, 6) is 1.86. The number of ether oxygens (including phenoxy) is 2. The molecule has 2 unspecified atom stereocenters. The minimum atomic E-state index is -0.223. The first kappa shape index (κ1) is 37.3. The van der Waals surface area contributed by atoms with Crippen LogP contribution in [-0.4, -0.2) is 113 Å². The van der Waals surface area contributed by atoms with Gasteiger partial charge in [-0.1, -0.05) is 6.07 Å². The van der Waals surface area contributed by atoms with Gasteiger partial charge < -0.3 is 29.0 Å². The Morgan fingerprint density at radius 2 is 1.62 bits per heavy atom. The fraction of sp³-hybridized carbons (Fsp3) is 0.558. The van der Waals surface area contributed by atoms with Crippen LogP contribution >= 0.6 is 0 Å². The average molecular weight is 766 g/mol. The van der Waals surface area contributed by atoms with E-state index in [1.54, 1.807) is 25.8 Å². The van der Waals surface area contributed by atoms with Crippen LogP contribution in [0.5, 0.6) is 11.5 Å². The fourth-order valence-corrected chi connectivity index (χ4v) is 10.4. The number of rotatable bonds is 9. The number of methoxy groups -OCH3 is 2. The van der Waals surface area contributed by atoms with Gasteiger partial charge in [0.25, 0.3) is 5.56 Å². The second-order valence-corrected chi connectivity index (χ2v) is 17.3. The lowest BCUT2D eigenvalue weighted by molar-refractivity contribution is -0.137. The summed E-state index contributed by atoms with van der Waals surface area (Å²) in [6.45, 7) is 12.0. The zero-order chi connectivity index (χ0) is 38.9. The summed E-state index contributed by atoms with van der Waals surface area (Å²) in [4.78, 5) is 47.0. The number of piperidine rings is 2. The van der Waals surface area contributed by atoms with E-state index in [9.17, 15) is 19.6 Å². The highest BCUT2D eigenvalue weighted by Gasteiger charge is 2.47. The first-order valence-corrected chi connectivity index (χ1v) is 20.3. The first-order valence-electron chi connectivity index (χ1n) is 20.3. The molecule has 6 aliphatic heterocycles. The molecule has 13 heteroatoms. The molecule has 4 saturated heterocycles. The number of fused-ring (bicyclic) bond motifs is 2. The van der Waals surface area contributed by atoms with Crippen molar-refractivity contribution in [2.24, 2.45) is 18.4 Å². The Balaban J connectivity index is 0.779. The summed E-state index contributed by atoms with van der Waals surface area (Å²) in [7, 11) is 5.17. The Kier molecular flexibility index (Phi) is 9.72. The van der Waals surface area contributed by atoms with Gasteiger partial charge in [0.1, 0.15) is 11.5 Å². The minimum absolute atomic E-state index is 0.0760. The standard InChI is InChI=1S/C43H55N7O6/c1-27(47-13-10-43(11-14-47)25-49(26-43)32-6-5-28-20-48(21-30(28)15-32)37-7-8-40(51)44-41(37)52)31-18-46(19-31)23-36-38(55-3)16-29(17-39(36)56-4)34-22-45(2)42(53)35-24-50(54)12-9-33(34)35/h5-6,15-17,22,27,31,37,54H,7-14,18-21,23-26H2,1-4H3,(H,44,51,52). The molecular formula is C43H55N7O6. The number of anilines is 1. The van der Waals surface area contributed by atoms with Gasteiger partial charge in [0.15, 0.2) is 0 Å². The van der Waals surface area contributed by atoms with Crippen LogP contribution in [0.2, 0.25) is 0 Å². The maximum Gasteiger partial charge on any atom is 0.255 e. The zero-order valence-corrected chi connectivity index (χ0v) is 33.2. The number of aromatic nitrogens is 1. The van der Waals surface area contributed by atoms with Crippen LogP contribution in [0.1, 0.15) is 60.4 Å². The molecule has 2 N–H and O–H groups in total. The van der Waals surface area contributed by atoms with Gasteiger partial charge in [-0.05, 0) is 98.1 Å². The molecular weight excluding hydrogens is 711 g/mol. The molecule has 4 fully saturated rings. The highest BCUT2D eigenvalue weighted by molar-refractivity contribution is 6.00. The molecule has 0 radical (unpaired) electrons. The molecule has 2 amide bonds. The van der Waals surface area contributed by atoms with Crippen LogP contribution in [0.4, 0.5) is 5.69 Å². The molecule has 9 rings (SSSR count). The predicted molar refractivity (Wildman–Crippen MR) is 212 cm³/mol. The Hall–Kier alpha value is -4.27. The molecule has 7 heterocycles. The third-order valence-corrected chi connectivity index (χ3v) is 14.0. The van der Waals surface area contributed by atoms with Crippen LogP contribution in [0, 0.1) is 11.3 Å². The second-order valence-electron chi connectivity index (χ2n) is 17.3. The first-order chi connectivity index (χ1) is 27.0. The van der Waals surface area contributed by atoms with E-state index in [0.29, 0.717) is 48.7 Å². The van der Waals surface area contributed by atoms with Gasteiger partial charge >= 0.3 is 0 Å². The number of hydrogen-bond donors (Lipinski definition) is 2. The van der Waals surface area contributed by atoms with Crippen LogP contribution < -0.4 is 25.2 Å². The largest absolute Gasteiger partial charge is 0.496 e. The van der Waals surface area contributed by atoms with Crippen molar-refractivity contribution in [2.75, 3.05) is 64.9 Å². The smallest absolute Gasteiger partial charge is 0.255 e. The van der Waals surface area contributed by atoms with E-state index in [0.717, 1.165) is 92.7 Å². The molecule has 13 nitrogen and oxygen atoms in total. The number of carbonyl (C=O) groups is 2. The number of hydroxylamine groups is 2. The van der Waals surface area contributed by atoms with Crippen LogP contribution in [-0.2, 0) is 49.2 Å². The average Bonchev–Trinajstić information content (AvgIpc) is 3.59. The van der Waals surface area contributed by atoms with Gasteiger partial charge in [-0.15, -0.1) is 0 Å².